The van der Waals surface area contributed by atoms with E-state index in [0.717, 1.165) is 41.3 Å². The minimum absolute atomic E-state index is 0.0502. The van der Waals surface area contributed by atoms with Gasteiger partial charge in [0.1, 0.15) is 0 Å². The van der Waals surface area contributed by atoms with E-state index in [-0.39, 0.29) is 6.04 Å². The van der Waals surface area contributed by atoms with Gasteiger partial charge in [-0.25, -0.2) is 0 Å². The Morgan fingerprint density at radius 1 is 1.18 bits per heavy atom. The number of aryl methyl sites for hydroxylation is 1. The molecule has 4 nitrogen and oxygen atoms in total. The fourth-order valence-electron chi connectivity index (χ4n) is 4.57. The molecule has 1 aliphatic heterocycles. The highest BCUT2D eigenvalue weighted by Crippen LogP contribution is 2.35. The minimum atomic E-state index is -0.0502. The standard InChI is InChI=1S/C19H29N3.C15H19N.C2H6/c1-8-11-18(14-20-6)17(9-2)13-12-15(4)19(21-7)16(5)22-10-3;1-11-15-9-13(6-5-12-3-4-12)7-8-14(15)10-16(11)2;1-2/h9-14,19,21-22H,3-5,8H2,1-2,6-7H3;7-9,12H,1,3-6,10H2,2H3;1-2H3/b13-12-,17-9+,18-11+,20-14?;;. The van der Waals surface area contributed by atoms with E-state index in [2.05, 4.69) is 97.2 Å². The number of fused-ring (bicyclic) bond motifs is 1. The van der Waals surface area contributed by atoms with Crippen LogP contribution in [0.2, 0.25) is 0 Å². The summed E-state index contributed by atoms with van der Waals surface area (Å²) in [6.07, 6.45) is 18.3. The molecule has 1 saturated carbocycles. The molecular weight excluding hydrogens is 488 g/mol. The Morgan fingerprint density at radius 2 is 1.88 bits per heavy atom. The number of aliphatic imine (C=N–C) groups is 1. The molecule has 0 spiro atoms. The van der Waals surface area contributed by atoms with Crippen LogP contribution in [0.25, 0.3) is 5.70 Å². The lowest BCUT2D eigenvalue weighted by molar-refractivity contribution is 0.501. The van der Waals surface area contributed by atoms with Crippen molar-refractivity contribution in [3.63, 3.8) is 0 Å². The highest BCUT2D eigenvalue weighted by atomic mass is 15.1. The first-order chi connectivity index (χ1) is 19.3. The summed E-state index contributed by atoms with van der Waals surface area (Å²) in [7, 11) is 5.77. The lowest BCUT2D eigenvalue weighted by Crippen LogP contribution is -2.32. The van der Waals surface area contributed by atoms with E-state index in [1.807, 2.05) is 40.1 Å². The topological polar surface area (TPSA) is 39.7 Å². The zero-order chi connectivity index (χ0) is 30.1. The molecule has 1 atom stereocenters. The fraction of sp³-hybridized carbons (Fsp3) is 0.417. The molecule has 0 aromatic heterocycles. The van der Waals surface area contributed by atoms with Crippen molar-refractivity contribution in [2.75, 3.05) is 21.1 Å². The first kappa shape index (κ1) is 34.7. The molecule has 40 heavy (non-hydrogen) atoms. The van der Waals surface area contributed by atoms with Gasteiger partial charge in [-0.3, -0.25) is 4.99 Å². The molecular formula is C36H54N4. The van der Waals surface area contributed by atoms with Crippen molar-refractivity contribution in [1.29, 1.82) is 0 Å². The first-order valence-corrected chi connectivity index (χ1v) is 14.7. The van der Waals surface area contributed by atoms with Gasteiger partial charge in [0, 0.05) is 43.8 Å². The maximum absolute atomic E-state index is 4.15. The Hall–Kier alpha value is -3.37. The predicted molar refractivity (Wildman–Crippen MR) is 179 cm³/mol. The number of rotatable bonds is 13. The van der Waals surface area contributed by atoms with Crippen molar-refractivity contribution in [3.05, 3.63) is 114 Å². The fourth-order valence-corrected chi connectivity index (χ4v) is 4.57. The lowest BCUT2D eigenvalue weighted by atomic mass is 10.0. The summed E-state index contributed by atoms with van der Waals surface area (Å²) < 4.78 is 0. The molecule has 3 rings (SSSR count). The quantitative estimate of drug-likeness (QED) is 0.194. The van der Waals surface area contributed by atoms with E-state index >= 15 is 0 Å². The summed E-state index contributed by atoms with van der Waals surface area (Å²) >= 11 is 0. The number of hydrogen-bond acceptors (Lipinski definition) is 4. The van der Waals surface area contributed by atoms with Gasteiger partial charge in [-0.2, -0.15) is 0 Å². The Balaban J connectivity index is 0.000000389. The second-order valence-corrected chi connectivity index (χ2v) is 9.98. The van der Waals surface area contributed by atoms with Gasteiger partial charge < -0.3 is 15.5 Å². The molecule has 2 N–H and O–H groups in total. The smallest absolute Gasteiger partial charge is 0.0714 e. The Labute approximate surface area is 245 Å². The van der Waals surface area contributed by atoms with Crippen molar-refractivity contribution in [2.45, 2.75) is 72.4 Å². The van der Waals surface area contributed by atoms with Crippen LogP contribution in [0.4, 0.5) is 0 Å². The van der Waals surface area contributed by atoms with E-state index in [1.54, 1.807) is 13.2 Å². The zero-order valence-electron chi connectivity index (χ0n) is 26.3. The van der Waals surface area contributed by atoms with Gasteiger partial charge in [-0.1, -0.05) is 96.4 Å². The molecule has 0 radical (unpaired) electrons. The third-order valence-electron chi connectivity index (χ3n) is 7.00. The van der Waals surface area contributed by atoms with Gasteiger partial charge in [0.05, 0.1) is 6.04 Å². The van der Waals surface area contributed by atoms with Gasteiger partial charge in [0.15, 0.2) is 0 Å². The van der Waals surface area contributed by atoms with Gasteiger partial charge in [0.25, 0.3) is 0 Å². The molecule has 1 aromatic carbocycles. The van der Waals surface area contributed by atoms with Crippen molar-refractivity contribution in [2.24, 2.45) is 10.9 Å². The van der Waals surface area contributed by atoms with Crippen LogP contribution in [0.5, 0.6) is 0 Å². The van der Waals surface area contributed by atoms with E-state index in [4.69, 9.17) is 0 Å². The highest BCUT2D eigenvalue weighted by molar-refractivity contribution is 5.85. The Bertz CT molecular complexity index is 1110. The van der Waals surface area contributed by atoms with Crippen molar-refractivity contribution >= 4 is 11.9 Å². The molecule has 218 valence electrons. The van der Waals surface area contributed by atoms with E-state index in [1.165, 1.54) is 48.1 Å². The summed E-state index contributed by atoms with van der Waals surface area (Å²) in [6.45, 7) is 25.1. The van der Waals surface area contributed by atoms with Crippen molar-refractivity contribution < 1.29 is 0 Å². The summed E-state index contributed by atoms with van der Waals surface area (Å²) in [6, 6.07) is 6.88. The molecule has 1 aromatic rings. The highest BCUT2D eigenvalue weighted by Gasteiger charge is 2.22. The number of allylic oxidation sites excluding steroid dienone is 5. The van der Waals surface area contributed by atoms with Gasteiger partial charge in [0.2, 0.25) is 0 Å². The minimum Gasteiger partial charge on any atom is -0.370 e. The van der Waals surface area contributed by atoms with Crippen LogP contribution in [0.15, 0.2) is 102 Å². The van der Waals surface area contributed by atoms with Crippen LogP contribution in [0.3, 0.4) is 0 Å². The van der Waals surface area contributed by atoms with Crippen LogP contribution >= 0.6 is 0 Å². The Morgan fingerprint density at radius 3 is 2.42 bits per heavy atom. The lowest BCUT2D eigenvalue weighted by Gasteiger charge is -2.19. The summed E-state index contributed by atoms with van der Waals surface area (Å²) in [4.78, 5) is 6.35. The number of hydrogen-bond donors (Lipinski definition) is 2. The second kappa shape index (κ2) is 18.8. The number of nitrogens with one attached hydrogen (secondary N) is 2. The van der Waals surface area contributed by atoms with Crippen LogP contribution in [-0.2, 0) is 13.0 Å². The SMILES string of the molecule is C=C1c2cc(CCC3CC3)ccc2CN1C.C=CNC(=C)C(NC)C(=C)\C=C/C(=C\C)C(/C=NC)=C/CC.CC. The third-order valence-corrected chi connectivity index (χ3v) is 7.00. The second-order valence-electron chi connectivity index (χ2n) is 9.98. The van der Waals surface area contributed by atoms with Crippen LogP contribution < -0.4 is 10.6 Å². The summed E-state index contributed by atoms with van der Waals surface area (Å²) in [5, 5.41) is 6.19. The third kappa shape index (κ3) is 11.0. The molecule has 0 bridgehead atoms. The number of likely N-dealkylation sites (N-methyl/N-ethyl adjacent to an activating group) is 1. The number of nitrogens with zero attached hydrogens (tertiary/aromatic N) is 2. The largest absolute Gasteiger partial charge is 0.370 e. The molecule has 1 unspecified atom stereocenters. The van der Waals surface area contributed by atoms with Gasteiger partial charge in [-0.05, 0) is 79.3 Å². The van der Waals surface area contributed by atoms with Crippen molar-refractivity contribution in [1.82, 2.24) is 15.5 Å². The van der Waals surface area contributed by atoms with E-state index in [0.29, 0.717) is 0 Å². The summed E-state index contributed by atoms with van der Waals surface area (Å²) in [5.74, 6) is 1.03. The maximum Gasteiger partial charge on any atom is 0.0714 e. The molecule has 4 heteroatoms. The summed E-state index contributed by atoms with van der Waals surface area (Å²) in [5.41, 5.74) is 9.44. The molecule has 0 saturated heterocycles. The van der Waals surface area contributed by atoms with E-state index in [9.17, 15) is 0 Å². The Kier molecular flexibility index (Phi) is 16.3. The maximum atomic E-state index is 4.15. The molecule has 1 aliphatic carbocycles. The first-order valence-electron chi connectivity index (χ1n) is 14.7. The average Bonchev–Trinajstić information content (AvgIpc) is 3.74. The average molecular weight is 543 g/mol. The normalized spacial score (nSPS) is 15.7. The van der Waals surface area contributed by atoms with Gasteiger partial charge >= 0.3 is 0 Å². The van der Waals surface area contributed by atoms with Crippen LogP contribution in [0.1, 0.15) is 70.1 Å². The number of benzene rings is 1. The molecule has 1 heterocycles. The molecule has 1 fully saturated rings. The zero-order valence-corrected chi connectivity index (χ0v) is 26.3. The molecule has 2 aliphatic rings. The van der Waals surface area contributed by atoms with Crippen LogP contribution in [0, 0.1) is 5.92 Å². The monoisotopic (exact) mass is 542 g/mol. The van der Waals surface area contributed by atoms with Crippen LogP contribution in [-0.4, -0.2) is 38.3 Å². The van der Waals surface area contributed by atoms with Crippen molar-refractivity contribution in [3.8, 4) is 0 Å². The van der Waals surface area contributed by atoms with E-state index < -0.39 is 0 Å². The predicted octanol–water partition coefficient (Wildman–Crippen LogP) is 8.39. The van der Waals surface area contributed by atoms with Gasteiger partial charge in [-0.15, -0.1) is 0 Å². The molecule has 0 amide bonds.